The Labute approximate surface area is 333 Å². The standard InChI is InChI=1S/C52H53ClN2/c1-33(2)37-16-18-41(19-17-37)46-29-31-50(55(43-25-20-38(21-26-43)34(3)4)44-27-22-39(23-28-44)35(5)6)51(53)52(46)54-49-30-24-42(36(7)8)32-48(49)47-15-11-13-40-12-9-10-14-45(40)47/h9-36,54H,1-8H3. The van der Waals surface area contributed by atoms with Crippen LogP contribution in [0.5, 0.6) is 0 Å². The summed E-state index contributed by atoms with van der Waals surface area (Å²) in [6.45, 7) is 17.9. The van der Waals surface area contributed by atoms with Gasteiger partial charge in [0.1, 0.15) is 0 Å². The van der Waals surface area contributed by atoms with Crippen molar-refractivity contribution in [2.75, 3.05) is 10.2 Å². The number of halogens is 1. The van der Waals surface area contributed by atoms with Crippen LogP contribution in [0.4, 0.5) is 28.4 Å². The van der Waals surface area contributed by atoms with Crippen LogP contribution in [-0.2, 0) is 0 Å². The minimum absolute atomic E-state index is 0.377. The monoisotopic (exact) mass is 740 g/mol. The molecule has 1 N–H and O–H groups in total. The smallest absolute Gasteiger partial charge is 0.0887 e. The molecule has 7 aromatic carbocycles. The highest BCUT2D eigenvalue weighted by Crippen LogP contribution is 2.48. The number of hydrogen-bond donors (Lipinski definition) is 1. The van der Waals surface area contributed by atoms with Crippen LogP contribution in [-0.4, -0.2) is 0 Å². The maximum atomic E-state index is 7.82. The number of anilines is 5. The molecule has 0 atom stereocenters. The zero-order valence-electron chi connectivity index (χ0n) is 33.5. The van der Waals surface area contributed by atoms with E-state index in [1.165, 1.54) is 38.6 Å². The summed E-state index contributed by atoms with van der Waals surface area (Å²) in [6, 6.07) is 53.2. The topological polar surface area (TPSA) is 15.3 Å². The maximum Gasteiger partial charge on any atom is 0.0887 e. The molecule has 0 aliphatic rings. The summed E-state index contributed by atoms with van der Waals surface area (Å²) in [5.74, 6) is 1.69. The van der Waals surface area contributed by atoms with Crippen molar-refractivity contribution in [3.05, 3.63) is 173 Å². The van der Waals surface area contributed by atoms with Gasteiger partial charge in [-0.05, 0) is 110 Å². The highest BCUT2D eigenvalue weighted by Gasteiger charge is 2.23. The number of fused-ring (bicyclic) bond motifs is 1. The second-order valence-electron chi connectivity index (χ2n) is 16.0. The molecule has 0 aromatic heterocycles. The molecular weight excluding hydrogens is 688 g/mol. The van der Waals surface area contributed by atoms with Crippen molar-refractivity contribution in [1.29, 1.82) is 0 Å². The molecule has 55 heavy (non-hydrogen) atoms. The molecule has 7 rings (SSSR count). The number of benzene rings is 7. The van der Waals surface area contributed by atoms with Crippen LogP contribution in [0.3, 0.4) is 0 Å². The number of nitrogens with zero attached hydrogens (tertiary/aromatic N) is 1. The van der Waals surface area contributed by atoms with E-state index in [1.807, 2.05) is 0 Å². The van der Waals surface area contributed by atoms with Crippen molar-refractivity contribution in [3.8, 4) is 22.3 Å². The van der Waals surface area contributed by atoms with E-state index in [0.29, 0.717) is 28.7 Å². The molecule has 3 heteroatoms. The lowest BCUT2D eigenvalue weighted by atomic mass is 9.92. The highest BCUT2D eigenvalue weighted by atomic mass is 35.5. The second-order valence-corrected chi connectivity index (χ2v) is 16.4. The normalized spacial score (nSPS) is 11.7. The van der Waals surface area contributed by atoms with Crippen molar-refractivity contribution < 1.29 is 0 Å². The van der Waals surface area contributed by atoms with E-state index in [2.05, 4.69) is 211 Å². The van der Waals surface area contributed by atoms with Gasteiger partial charge in [-0.15, -0.1) is 0 Å². The summed E-state index contributed by atoms with van der Waals surface area (Å²) in [4.78, 5) is 2.29. The molecule has 2 nitrogen and oxygen atoms in total. The van der Waals surface area contributed by atoms with Crippen LogP contribution in [0.2, 0.25) is 5.02 Å². The third kappa shape index (κ3) is 7.93. The Bertz CT molecular complexity index is 2350. The van der Waals surface area contributed by atoms with Crippen LogP contribution < -0.4 is 10.2 Å². The van der Waals surface area contributed by atoms with Gasteiger partial charge in [0.15, 0.2) is 0 Å². The fraction of sp³-hybridized carbons (Fsp3) is 0.231. The summed E-state index contributed by atoms with van der Waals surface area (Å²) in [6.07, 6.45) is 0. The molecule has 0 heterocycles. The Morgan fingerprint density at radius 1 is 0.455 bits per heavy atom. The van der Waals surface area contributed by atoms with Crippen molar-refractivity contribution in [3.63, 3.8) is 0 Å². The van der Waals surface area contributed by atoms with Crippen LogP contribution >= 0.6 is 11.6 Å². The SMILES string of the molecule is CC(C)c1ccc(-c2ccc(N(c3ccc(C(C)C)cc3)c3ccc(C(C)C)cc3)c(Cl)c2Nc2ccc(C(C)C)cc2-c2cccc3ccccc23)cc1. The molecule has 0 saturated heterocycles. The molecule has 0 aliphatic carbocycles. The molecule has 0 saturated carbocycles. The van der Waals surface area contributed by atoms with Gasteiger partial charge in [0.25, 0.3) is 0 Å². The molecule has 0 amide bonds. The fourth-order valence-electron chi connectivity index (χ4n) is 7.44. The zero-order valence-corrected chi connectivity index (χ0v) is 34.2. The van der Waals surface area contributed by atoms with Gasteiger partial charge in [-0.2, -0.15) is 0 Å². The minimum Gasteiger partial charge on any atom is -0.353 e. The predicted molar refractivity (Wildman–Crippen MR) is 241 cm³/mol. The predicted octanol–water partition coefficient (Wildman–Crippen LogP) is 16.5. The molecule has 278 valence electrons. The summed E-state index contributed by atoms with van der Waals surface area (Å²) in [7, 11) is 0. The van der Waals surface area contributed by atoms with E-state index in [1.54, 1.807) is 0 Å². The van der Waals surface area contributed by atoms with E-state index in [-0.39, 0.29) is 0 Å². The molecule has 0 radical (unpaired) electrons. The summed E-state index contributed by atoms with van der Waals surface area (Å²) < 4.78 is 0. The van der Waals surface area contributed by atoms with E-state index in [0.717, 1.165) is 45.1 Å². The van der Waals surface area contributed by atoms with Gasteiger partial charge in [-0.1, -0.05) is 170 Å². The molecule has 0 unspecified atom stereocenters. The van der Waals surface area contributed by atoms with Gasteiger partial charge in [0.2, 0.25) is 0 Å². The number of nitrogens with one attached hydrogen (secondary N) is 1. The number of hydrogen-bond acceptors (Lipinski definition) is 2. The lowest BCUT2D eigenvalue weighted by Gasteiger charge is -2.29. The molecule has 0 spiro atoms. The first-order chi connectivity index (χ1) is 26.5. The van der Waals surface area contributed by atoms with Crippen LogP contribution in [0, 0.1) is 0 Å². The van der Waals surface area contributed by atoms with E-state index in [9.17, 15) is 0 Å². The molecule has 0 bridgehead atoms. The summed E-state index contributed by atoms with van der Waals surface area (Å²) >= 11 is 7.82. The minimum atomic E-state index is 0.377. The molecule has 0 aliphatic heterocycles. The first-order valence-corrected chi connectivity index (χ1v) is 20.2. The van der Waals surface area contributed by atoms with Gasteiger partial charge >= 0.3 is 0 Å². The summed E-state index contributed by atoms with van der Waals surface area (Å²) in [5.41, 5.74) is 14.6. The van der Waals surface area contributed by atoms with Gasteiger partial charge in [0, 0.05) is 28.2 Å². The van der Waals surface area contributed by atoms with Gasteiger partial charge in [-0.3, -0.25) is 0 Å². The third-order valence-corrected chi connectivity index (χ3v) is 11.3. The highest BCUT2D eigenvalue weighted by molar-refractivity contribution is 6.37. The lowest BCUT2D eigenvalue weighted by Crippen LogP contribution is -2.12. The van der Waals surface area contributed by atoms with Crippen LogP contribution in [0.25, 0.3) is 33.0 Å². The van der Waals surface area contributed by atoms with Crippen molar-refractivity contribution in [1.82, 2.24) is 0 Å². The Kier molecular flexibility index (Phi) is 11.2. The van der Waals surface area contributed by atoms with Crippen molar-refractivity contribution in [2.24, 2.45) is 0 Å². The van der Waals surface area contributed by atoms with E-state index < -0.39 is 0 Å². The average Bonchev–Trinajstić information content (AvgIpc) is 3.19. The largest absolute Gasteiger partial charge is 0.353 e. The van der Waals surface area contributed by atoms with Crippen LogP contribution in [0.1, 0.15) is 101 Å². The molecule has 0 fully saturated rings. The first kappa shape index (κ1) is 38.0. The Morgan fingerprint density at radius 2 is 0.964 bits per heavy atom. The maximum absolute atomic E-state index is 7.82. The average molecular weight is 741 g/mol. The Morgan fingerprint density at radius 3 is 1.53 bits per heavy atom. The summed E-state index contributed by atoms with van der Waals surface area (Å²) in [5, 5.41) is 7.06. The Hall–Kier alpha value is -5.31. The second kappa shape index (κ2) is 16.2. The van der Waals surface area contributed by atoms with Crippen molar-refractivity contribution >= 4 is 50.8 Å². The lowest BCUT2D eigenvalue weighted by molar-refractivity contribution is 0.866. The van der Waals surface area contributed by atoms with E-state index >= 15 is 0 Å². The van der Waals surface area contributed by atoms with E-state index in [4.69, 9.17) is 11.6 Å². The third-order valence-electron chi connectivity index (χ3n) is 10.9. The van der Waals surface area contributed by atoms with Gasteiger partial charge in [0.05, 0.1) is 16.4 Å². The Balaban J connectivity index is 1.46. The van der Waals surface area contributed by atoms with Crippen molar-refractivity contribution in [2.45, 2.75) is 79.1 Å². The number of rotatable bonds is 11. The quantitative estimate of drug-likeness (QED) is 0.142. The first-order valence-electron chi connectivity index (χ1n) is 19.8. The fourth-order valence-corrected chi connectivity index (χ4v) is 7.74. The zero-order chi connectivity index (χ0) is 38.8. The van der Waals surface area contributed by atoms with Crippen LogP contribution in [0.15, 0.2) is 146 Å². The molecular formula is C52H53ClN2. The van der Waals surface area contributed by atoms with Gasteiger partial charge in [-0.25, -0.2) is 0 Å². The molecule has 7 aromatic rings. The van der Waals surface area contributed by atoms with Gasteiger partial charge < -0.3 is 10.2 Å².